The van der Waals surface area contributed by atoms with Gasteiger partial charge in [0.05, 0.1) is 0 Å². The van der Waals surface area contributed by atoms with Crippen molar-refractivity contribution in [1.29, 1.82) is 0 Å². The molecule has 4 heteroatoms. The van der Waals surface area contributed by atoms with Gasteiger partial charge in [-0.25, -0.2) is 0 Å². The first kappa shape index (κ1) is 18.1. The van der Waals surface area contributed by atoms with Crippen LogP contribution in [-0.4, -0.2) is 16.5 Å². The molecule has 0 bridgehead atoms. The molecule has 2 N–H and O–H groups in total. The number of fused-ring (bicyclic) bond motifs is 3. The second-order valence-electron chi connectivity index (χ2n) is 7.06. The maximum absolute atomic E-state index is 12.5. The monoisotopic (exact) mass is 371 g/mol. The molecule has 1 atom stereocenters. The minimum atomic E-state index is -0.319. The standard InChI is InChI=1S/C24H25N3O/c1-3-27-22-12-8-7-11-20(22)21-15-19(13-14-23(21)27)26-17(2)24(28)25-16-18-9-5-4-6-10-18/h4-15,17,26H,3,16H2,1-2H3,(H,25,28)/t17-/m0/s1. The van der Waals surface area contributed by atoms with Crippen molar-refractivity contribution in [2.75, 3.05) is 5.32 Å². The van der Waals surface area contributed by atoms with Crippen molar-refractivity contribution < 1.29 is 4.79 Å². The molecule has 0 aliphatic rings. The molecule has 4 aromatic rings. The molecule has 1 heterocycles. The van der Waals surface area contributed by atoms with Gasteiger partial charge < -0.3 is 15.2 Å². The molecular weight excluding hydrogens is 346 g/mol. The Kier molecular flexibility index (Phi) is 5.02. The van der Waals surface area contributed by atoms with E-state index in [-0.39, 0.29) is 11.9 Å². The smallest absolute Gasteiger partial charge is 0.242 e. The Hall–Kier alpha value is -3.27. The van der Waals surface area contributed by atoms with Crippen LogP contribution in [-0.2, 0) is 17.9 Å². The summed E-state index contributed by atoms with van der Waals surface area (Å²) in [5.41, 5.74) is 4.51. The second-order valence-corrected chi connectivity index (χ2v) is 7.06. The number of rotatable bonds is 6. The molecule has 0 spiro atoms. The number of amides is 1. The van der Waals surface area contributed by atoms with Crippen LogP contribution in [0.2, 0.25) is 0 Å². The molecule has 0 radical (unpaired) electrons. The zero-order valence-corrected chi connectivity index (χ0v) is 16.3. The van der Waals surface area contributed by atoms with E-state index in [9.17, 15) is 4.79 Å². The average molecular weight is 371 g/mol. The highest BCUT2D eigenvalue weighted by atomic mass is 16.2. The van der Waals surface area contributed by atoms with Gasteiger partial charge in [-0.15, -0.1) is 0 Å². The summed E-state index contributed by atoms with van der Waals surface area (Å²) < 4.78 is 2.32. The molecule has 142 valence electrons. The van der Waals surface area contributed by atoms with Crippen LogP contribution < -0.4 is 10.6 Å². The van der Waals surface area contributed by atoms with Crippen molar-refractivity contribution in [3.05, 3.63) is 78.4 Å². The number of hydrogen-bond acceptors (Lipinski definition) is 2. The van der Waals surface area contributed by atoms with Gasteiger partial charge in [0, 0.05) is 40.6 Å². The summed E-state index contributed by atoms with van der Waals surface area (Å²) in [7, 11) is 0. The second kappa shape index (κ2) is 7.77. The third kappa shape index (κ3) is 3.46. The van der Waals surface area contributed by atoms with Gasteiger partial charge in [-0.2, -0.15) is 0 Å². The molecule has 0 saturated heterocycles. The van der Waals surface area contributed by atoms with E-state index in [1.807, 2.05) is 43.3 Å². The van der Waals surface area contributed by atoms with Crippen LogP contribution in [0.1, 0.15) is 19.4 Å². The first-order chi connectivity index (χ1) is 13.7. The van der Waals surface area contributed by atoms with E-state index in [1.54, 1.807) is 0 Å². The number of para-hydroxylation sites is 1. The molecule has 0 unspecified atom stereocenters. The lowest BCUT2D eigenvalue weighted by Crippen LogP contribution is -2.37. The average Bonchev–Trinajstić information content (AvgIpc) is 3.05. The van der Waals surface area contributed by atoms with Gasteiger partial charge in [-0.1, -0.05) is 48.5 Å². The minimum Gasteiger partial charge on any atom is -0.374 e. The van der Waals surface area contributed by atoms with Gasteiger partial charge in [-0.05, 0) is 43.7 Å². The molecule has 0 aliphatic heterocycles. The number of nitrogens with one attached hydrogen (secondary N) is 2. The first-order valence-corrected chi connectivity index (χ1v) is 9.76. The topological polar surface area (TPSA) is 46.1 Å². The fraction of sp³-hybridized carbons (Fsp3) is 0.208. The molecular formula is C24H25N3O. The van der Waals surface area contributed by atoms with Crippen LogP contribution in [0.5, 0.6) is 0 Å². The highest BCUT2D eigenvalue weighted by Crippen LogP contribution is 2.31. The molecule has 0 aliphatic carbocycles. The van der Waals surface area contributed by atoms with Crippen molar-refractivity contribution in [2.45, 2.75) is 33.0 Å². The number of carbonyl (C=O) groups excluding carboxylic acids is 1. The van der Waals surface area contributed by atoms with Gasteiger partial charge in [0.15, 0.2) is 0 Å². The Labute approximate surface area is 165 Å². The van der Waals surface area contributed by atoms with Crippen LogP contribution in [0.25, 0.3) is 21.8 Å². The maximum Gasteiger partial charge on any atom is 0.242 e. The van der Waals surface area contributed by atoms with E-state index in [2.05, 4.69) is 58.5 Å². The molecule has 4 nitrogen and oxygen atoms in total. The van der Waals surface area contributed by atoms with Crippen LogP contribution in [0.15, 0.2) is 72.8 Å². The number of anilines is 1. The van der Waals surface area contributed by atoms with Crippen molar-refractivity contribution >= 4 is 33.4 Å². The number of carbonyl (C=O) groups is 1. The predicted molar refractivity (Wildman–Crippen MR) is 116 cm³/mol. The lowest BCUT2D eigenvalue weighted by atomic mass is 10.1. The first-order valence-electron chi connectivity index (χ1n) is 9.76. The van der Waals surface area contributed by atoms with Gasteiger partial charge in [0.25, 0.3) is 0 Å². The maximum atomic E-state index is 12.5. The molecule has 0 fully saturated rings. The van der Waals surface area contributed by atoms with E-state index >= 15 is 0 Å². The van der Waals surface area contributed by atoms with E-state index in [0.29, 0.717) is 6.54 Å². The van der Waals surface area contributed by atoms with Crippen LogP contribution in [0.3, 0.4) is 0 Å². The molecule has 3 aromatic carbocycles. The van der Waals surface area contributed by atoms with Crippen LogP contribution >= 0.6 is 0 Å². The molecule has 28 heavy (non-hydrogen) atoms. The Morgan fingerprint density at radius 3 is 2.43 bits per heavy atom. The molecule has 1 amide bonds. The van der Waals surface area contributed by atoms with Gasteiger partial charge in [0.1, 0.15) is 6.04 Å². The fourth-order valence-electron chi connectivity index (χ4n) is 3.74. The summed E-state index contributed by atoms with van der Waals surface area (Å²) in [6.45, 7) is 5.51. The quantitative estimate of drug-likeness (QED) is 0.505. The van der Waals surface area contributed by atoms with Crippen LogP contribution in [0, 0.1) is 0 Å². The Bertz CT molecular complexity index is 1110. The highest BCUT2D eigenvalue weighted by molar-refractivity contribution is 6.09. The third-order valence-electron chi connectivity index (χ3n) is 5.17. The third-order valence-corrected chi connectivity index (χ3v) is 5.17. The Balaban J connectivity index is 1.53. The largest absolute Gasteiger partial charge is 0.374 e. The summed E-state index contributed by atoms with van der Waals surface area (Å²) in [6, 6.07) is 24.4. The van der Waals surface area contributed by atoms with E-state index in [0.717, 1.165) is 17.8 Å². The summed E-state index contributed by atoms with van der Waals surface area (Å²) in [5, 5.41) is 8.78. The number of hydrogen-bond donors (Lipinski definition) is 2. The molecule has 4 rings (SSSR count). The summed E-state index contributed by atoms with van der Waals surface area (Å²) in [5.74, 6) is -0.0139. The van der Waals surface area contributed by atoms with E-state index in [4.69, 9.17) is 0 Å². The molecule has 1 aromatic heterocycles. The lowest BCUT2D eigenvalue weighted by molar-refractivity contribution is -0.121. The van der Waals surface area contributed by atoms with Gasteiger partial charge in [0.2, 0.25) is 5.91 Å². The van der Waals surface area contributed by atoms with Crippen molar-refractivity contribution in [2.24, 2.45) is 0 Å². The SMILES string of the molecule is CCn1c2ccccc2c2cc(N[C@@H](C)C(=O)NCc3ccccc3)ccc21. The summed E-state index contributed by atoms with van der Waals surface area (Å²) >= 11 is 0. The summed E-state index contributed by atoms with van der Waals surface area (Å²) in [4.78, 5) is 12.5. The van der Waals surface area contributed by atoms with Gasteiger partial charge in [-0.3, -0.25) is 4.79 Å². The van der Waals surface area contributed by atoms with E-state index < -0.39 is 0 Å². The summed E-state index contributed by atoms with van der Waals surface area (Å²) in [6.07, 6.45) is 0. The normalized spacial score (nSPS) is 12.2. The van der Waals surface area contributed by atoms with Crippen molar-refractivity contribution in [1.82, 2.24) is 9.88 Å². The van der Waals surface area contributed by atoms with Crippen molar-refractivity contribution in [3.63, 3.8) is 0 Å². The van der Waals surface area contributed by atoms with Crippen LogP contribution in [0.4, 0.5) is 5.69 Å². The fourth-order valence-corrected chi connectivity index (χ4v) is 3.74. The minimum absolute atomic E-state index is 0.0139. The van der Waals surface area contributed by atoms with E-state index in [1.165, 1.54) is 21.8 Å². The Morgan fingerprint density at radius 1 is 0.929 bits per heavy atom. The number of aromatic nitrogens is 1. The zero-order chi connectivity index (χ0) is 19.5. The zero-order valence-electron chi connectivity index (χ0n) is 16.3. The lowest BCUT2D eigenvalue weighted by Gasteiger charge is -2.15. The highest BCUT2D eigenvalue weighted by Gasteiger charge is 2.14. The molecule has 0 saturated carbocycles. The number of nitrogens with zero attached hydrogens (tertiary/aromatic N) is 1. The Morgan fingerprint density at radius 2 is 1.64 bits per heavy atom. The number of aryl methyl sites for hydroxylation is 1. The van der Waals surface area contributed by atoms with Gasteiger partial charge >= 0.3 is 0 Å². The van der Waals surface area contributed by atoms with Crippen molar-refractivity contribution in [3.8, 4) is 0 Å². The predicted octanol–water partition coefficient (Wildman–Crippen LogP) is 4.93. The number of benzene rings is 3.